The number of hydrogen-bond donors (Lipinski definition) is 1. The molecule has 1 N–H and O–H groups in total. The van der Waals surface area contributed by atoms with Gasteiger partial charge >= 0.3 is 6.18 Å². The number of amides is 1. The summed E-state index contributed by atoms with van der Waals surface area (Å²) in [6.45, 7) is 3.03. The van der Waals surface area contributed by atoms with Crippen LogP contribution in [0, 0.1) is 13.8 Å². The van der Waals surface area contributed by atoms with E-state index in [4.69, 9.17) is 11.6 Å². The molecule has 0 aliphatic rings. The van der Waals surface area contributed by atoms with Crippen molar-refractivity contribution in [1.82, 2.24) is 4.57 Å². The summed E-state index contributed by atoms with van der Waals surface area (Å²) in [5.74, 6) is -0.648. The molecule has 1 heterocycles. The molecule has 128 valence electrons. The Labute approximate surface area is 140 Å². The Balaban J connectivity index is 2.24. The van der Waals surface area contributed by atoms with Crippen LogP contribution in [0.3, 0.4) is 0 Å². The highest BCUT2D eigenvalue weighted by atomic mass is 35.5. The van der Waals surface area contributed by atoms with Gasteiger partial charge in [-0.15, -0.1) is 0 Å². The summed E-state index contributed by atoms with van der Waals surface area (Å²) in [5.41, 5.74) is 0.283. The Hall–Kier alpha value is -2.28. The fraction of sp³-hybridized carbons (Fsp3) is 0.250. The van der Waals surface area contributed by atoms with E-state index in [-0.39, 0.29) is 0 Å². The number of hydrogen-bond acceptors (Lipinski definition) is 2. The normalized spacial score (nSPS) is 11.4. The van der Waals surface area contributed by atoms with Crippen molar-refractivity contribution in [2.45, 2.75) is 26.6 Å². The molecule has 0 saturated heterocycles. The predicted octanol–water partition coefficient (Wildman–Crippen LogP) is 3.78. The van der Waals surface area contributed by atoms with E-state index in [1.807, 2.05) is 6.92 Å². The van der Waals surface area contributed by atoms with Crippen LogP contribution in [0.1, 0.15) is 16.7 Å². The van der Waals surface area contributed by atoms with Crippen molar-refractivity contribution in [3.63, 3.8) is 0 Å². The second kappa shape index (κ2) is 6.68. The molecule has 2 aromatic rings. The van der Waals surface area contributed by atoms with Crippen molar-refractivity contribution < 1.29 is 18.0 Å². The molecular formula is C16H14ClF3N2O2. The second-order valence-corrected chi connectivity index (χ2v) is 5.78. The van der Waals surface area contributed by atoms with Crippen LogP contribution < -0.4 is 10.9 Å². The van der Waals surface area contributed by atoms with Crippen LogP contribution in [0.4, 0.5) is 18.9 Å². The molecule has 1 aromatic carbocycles. The van der Waals surface area contributed by atoms with Gasteiger partial charge in [0.05, 0.1) is 16.3 Å². The van der Waals surface area contributed by atoms with Crippen molar-refractivity contribution in [2.75, 3.05) is 5.32 Å². The lowest BCUT2D eigenvalue weighted by molar-refractivity contribution is -0.138. The zero-order chi connectivity index (χ0) is 18.1. The zero-order valence-corrected chi connectivity index (χ0v) is 13.6. The fourth-order valence-corrected chi connectivity index (χ4v) is 2.60. The fourth-order valence-electron chi connectivity index (χ4n) is 2.23. The third-order valence-corrected chi connectivity index (χ3v) is 3.62. The van der Waals surface area contributed by atoms with Gasteiger partial charge in [-0.2, -0.15) is 13.2 Å². The number of nitrogens with one attached hydrogen (secondary N) is 1. The van der Waals surface area contributed by atoms with Crippen LogP contribution in [-0.4, -0.2) is 10.5 Å². The molecule has 0 bridgehead atoms. The maximum absolute atomic E-state index is 12.7. The number of carbonyl (C=O) groups excluding carboxylic acids is 1. The number of pyridine rings is 1. The van der Waals surface area contributed by atoms with Gasteiger partial charge in [0.25, 0.3) is 5.56 Å². The number of aryl methyl sites for hydroxylation is 2. The molecule has 24 heavy (non-hydrogen) atoms. The molecule has 1 amide bonds. The number of halogens is 4. The van der Waals surface area contributed by atoms with E-state index in [2.05, 4.69) is 5.32 Å². The summed E-state index contributed by atoms with van der Waals surface area (Å²) in [7, 11) is 0. The van der Waals surface area contributed by atoms with Crippen LogP contribution >= 0.6 is 11.6 Å². The Morgan fingerprint density at radius 2 is 1.92 bits per heavy atom. The first-order valence-corrected chi connectivity index (χ1v) is 7.30. The van der Waals surface area contributed by atoms with Crippen LogP contribution in [0.5, 0.6) is 0 Å². The molecule has 0 aliphatic carbocycles. The number of rotatable bonds is 3. The molecule has 2 rings (SSSR count). The van der Waals surface area contributed by atoms with Crippen molar-refractivity contribution in [1.29, 1.82) is 0 Å². The summed E-state index contributed by atoms with van der Waals surface area (Å²) in [6, 6.07) is 4.91. The van der Waals surface area contributed by atoms with Gasteiger partial charge in [0, 0.05) is 12.3 Å². The number of carbonyl (C=O) groups is 1. The maximum Gasteiger partial charge on any atom is 0.417 e. The Morgan fingerprint density at radius 3 is 2.50 bits per heavy atom. The lowest BCUT2D eigenvalue weighted by atomic mass is 10.1. The highest BCUT2D eigenvalue weighted by molar-refractivity contribution is 6.34. The summed E-state index contributed by atoms with van der Waals surface area (Å²) in [6.07, 6.45) is -3.98. The van der Waals surface area contributed by atoms with Crippen molar-refractivity contribution in [3.05, 3.63) is 62.5 Å². The maximum atomic E-state index is 12.7. The lowest BCUT2D eigenvalue weighted by Gasteiger charge is -2.13. The number of benzene rings is 1. The molecule has 0 aliphatic heterocycles. The molecule has 0 atom stereocenters. The van der Waals surface area contributed by atoms with Crippen LogP contribution in [-0.2, 0) is 17.5 Å². The largest absolute Gasteiger partial charge is 0.417 e. The van der Waals surface area contributed by atoms with Gasteiger partial charge in [0.1, 0.15) is 6.54 Å². The van der Waals surface area contributed by atoms with Crippen molar-refractivity contribution in [2.24, 2.45) is 0 Å². The SMILES string of the molecule is Cc1cc(C)c(NC(=O)Cn2cc(C(F)(F)F)ccc2=O)c(Cl)c1. The minimum Gasteiger partial charge on any atom is -0.323 e. The van der Waals surface area contributed by atoms with Gasteiger partial charge in [-0.1, -0.05) is 17.7 Å². The van der Waals surface area contributed by atoms with Gasteiger partial charge in [0.15, 0.2) is 0 Å². The Bertz CT molecular complexity index is 821. The average molecular weight is 359 g/mol. The second-order valence-electron chi connectivity index (χ2n) is 5.37. The van der Waals surface area contributed by atoms with E-state index in [0.29, 0.717) is 33.1 Å². The van der Waals surface area contributed by atoms with Gasteiger partial charge in [-0.25, -0.2) is 0 Å². The Kier molecular flexibility index (Phi) is 5.03. The van der Waals surface area contributed by atoms with Gasteiger partial charge in [0.2, 0.25) is 5.91 Å². The molecule has 4 nitrogen and oxygen atoms in total. The number of aromatic nitrogens is 1. The van der Waals surface area contributed by atoms with Crippen LogP contribution in [0.15, 0.2) is 35.3 Å². The lowest BCUT2D eigenvalue weighted by Crippen LogP contribution is -2.28. The van der Waals surface area contributed by atoms with Gasteiger partial charge in [-0.3, -0.25) is 9.59 Å². The van der Waals surface area contributed by atoms with E-state index in [0.717, 1.165) is 11.6 Å². The Morgan fingerprint density at radius 1 is 1.25 bits per heavy atom. The molecule has 1 aromatic heterocycles. The zero-order valence-electron chi connectivity index (χ0n) is 12.9. The highest BCUT2D eigenvalue weighted by Crippen LogP contribution is 2.28. The molecule has 0 spiro atoms. The molecular weight excluding hydrogens is 345 g/mol. The minimum absolute atomic E-state index is 0.317. The van der Waals surface area contributed by atoms with Gasteiger partial charge in [-0.05, 0) is 37.1 Å². The number of alkyl halides is 3. The van der Waals surface area contributed by atoms with E-state index in [9.17, 15) is 22.8 Å². The van der Waals surface area contributed by atoms with E-state index >= 15 is 0 Å². The first-order valence-electron chi connectivity index (χ1n) is 6.92. The van der Waals surface area contributed by atoms with E-state index < -0.39 is 29.8 Å². The smallest absolute Gasteiger partial charge is 0.323 e. The number of nitrogens with zero attached hydrogens (tertiary/aromatic N) is 1. The average Bonchev–Trinajstić information content (AvgIpc) is 2.44. The van der Waals surface area contributed by atoms with Crippen LogP contribution in [0.25, 0.3) is 0 Å². The molecule has 0 fully saturated rings. The molecule has 0 saturated carbocycles. The third kappa shape index (κ3) is 4.17. The molecule has 8 heteroatoms. The first kappa shape index (κ1) is 18.1. The van der Waals surface area contributed by atoms with Crippen molar-refractivity contribution >= 4 is 23.2 Å². The third-order valence-electron chi connectivity index (χ3n) is 3.32. The van der Waals surface area contributed by atoms with E-state index in [1.54, 1.807) is 19.1 Å². The van der Waals surface area contributed by atoms with Gasteiger partial charge < -0.3 is 9.88 Å². The van der Waals surface area contributed by atoms with Crippen molar-refractivity contribution in [3.8, 4) is 0 Å². The first-order chi connectivity index (χ1) is 11.1. The summed E-state index contributed by atoms with van der Waals surface area (Å²) < 4.78 is 38.8. The molecule has 0 radical (unpaired) electrons. The van der Waals surface area contributed by atoms with Crippen LogP contribution in [0.2, 0.25) is 5.02 Å². The summed E-state index contributed by atoms with van der Waals surface area (Å²) >= 11 is 6.07. The summed E-state index contributed by atoms with van der Waals surface area (Å²) in [5, 5.41) is 2.84. The highest BCUT2D eigenvalue weighted by Gasteiger charge is 2.31. The van der Waals surface area contributed by atoms with E-state index in [1.165, 1.54) is 0 Å². The summed E-state index contributed by atoms with van der Waals surface area (Å²) in [4.78, 5) is 23.7. The minimum atomic E-state index is -4.59. The standard InChI is InChI=1S/C16H14ClF3N2O2/c1-9-5-10(2)15(12(17)6-9)21-13(23)8-22-7-11(16(18,19)20)3-4-14(22)24/h3-7H,8H2,1-2H3,(H,21,23). The monoisotopic (exact) mass is 358 g/mol. The number of anilines is 1. The predicted molar refractivity (Wildman–Crippen MR) is 85.3 cm³/mol. The molecule has 0 unspecified atom stereocenters. The quantitative estimate of drug-likeness (QED) is 0.908. The topological polar surface area (TPSA) is 51.1 Å².